The molecule has 1 heterocycles. The summed E-state index contributed by atoms with van der Waals surface area (Å²) in [6.45, 7) is 0. The first-order valence-corrected chi connectivity index (χ1v) is 10.7. The van der Waals surface area contributed by atoms with Crippen molar-refractivity contribution in [2.75, 3.05) is 16.4 Å². The Morgan fingerprint density at radius 1 is 1.17 bits per heavy atom. The largest absolute Gasteiger partial charge is 0.304 e. The molecule has 1 amide bonds. The van der Waals surface area contributed by atoms with Crippen molar-refractivity contribution in [3.63, 3.8) is 0 Å². The molecule has 0 N–H and O–H groups in total. The second kappa shape index (κ2) is 7.09. The number of para-hydroxylation sites is 1. The van der Waals surface area contributed by atoms with Crippen molar-refractivity contribution in [3.05, 3.63) is 41.8 Å². The molecule has 0 saturated heterocycles. The second-order valence-corrected chi connectivity index (χ2v) is 9.26. The number of sulfone groups is 1. The molecular weight excluding hydrogens is 330 g/mol. The molecule has 6 heteroatoms. The molecule has 1 atom stereocenters. The number of rotatable bonds is 5. The van der Waals surface area contributed by atoms with Crippen LogP contribution in [0, 0.1) is 0 Å². The Morgan fingerprint density at radius 2 is 1.87 bits per heavy atom. The molecule has 0 unspecified atom stereocenters. The highest BCUT2D eigenvalue weighted by molar-refractivity contribution is 8.00. The van der Waals surface area contributed by atoms with Gasteiger partial charge in [-0.15, -0.1) is 11.8 Å². The van der Waals surface area contributed by atoms with E-state index in [4.69, 9.17) is 0 Å². The average molecular weight is 351 g/mol. The lowest BCUT2D eigenvalue weighted by molar-refractivity contribution is -0.116. The van der Waals surface area contributed by atoms with Crippen LogP contribution in [0.2, 0.25) is 0 Å². The number of nitrogens with zero attached hydrogens (tertiary/aromatic N) is 1. The van der Waals surface area contributed by atoms with E-state index in [0.29, 0.717) is 11.0 Å². The quantitative estimate of drug-likeness (QED) is 0.818. The molecular formula is C17H21NO3S2. The maximum atomic E-state index is 12.8. The first-order chi connectivity index (χ1) is 11.1. The zero-order chi connectivity index (χ0) is 16.3. The maximum absolute atomic E-state index is 12.8. The normalized spacial score (nSPS) is 23.2. The van der Waals surface area contributed by atoms with E-state index in [2.05, 4.69) is 0 Å². The van der Waals surface area contributed by atoms with Crippen LogP contribution in [-0.2, 0) is 14.6 Å². The lowest BCUT2D eigenvalue weighted by Crippen LogP contribution is -2.42. The molecule has 0 bridgehead atoms. The zero-order valence-electron chi connectivity index (χ0n) is 12.9. The van der Waals surface area contributed by atoms with Gasteiger partial charge in [0.25, 0.3) is 0 Å². The van der Waals surface area contributed by atoms with Gasteiger partial charge in [0, 0.05) is 16.3 Å². The Hall–Kier alpha value is -1.27. The SMILES string of the molecule is O=C(CSC1CCCC1)N(c1ccccc1)[C@H]1C=CS(=O)(=O)C1. The van der Waals surface area contributed by atoms with Gasteiger partial charge in [-0.05, 0) is 31.1 Å². The van der Waals surface area contributed by atoms with E-state index in [-0.39, 0.29) is 11.7 Å². The monoisotopic (exact) mass is 351 g/mol. The van der Waals surface area contributed by atoms with Crippen molar-refractivity contribution in [2.24, 2.45) is 0 Å². The van der Waals surface area contributed by atoms with Crippen molar-refractivity contribution in [1.29, 1.82) is 0 Å². The predicted octanol–water partition coefficient (Wildman–Crippen LogP) is 3.01. The summed E-state index contributed by atoms with van der Waals surface area (Å²) in [6, 6.07) is 8.94. The van der Waals surface area contributed by atoms with E-state index in [1.54, 1.807) is 22.7 Å². The van der Waals surface area contributed by atoms with Crippen molar-refractivity contribution < 1.29 is 13.2 Å². The van der Waals surface area contributed by atoms with Gasteiger partial charge in [0.05, 0.1) is 17.5 Å². The van der Waals surface area contributed by atoms with E-state index in [0.717, 1.165) is 5.69 Å². The Labute approximate surface area is 141 Å². The third-order valence-electron chi connectivity index (χ3n) is 4.29. The molecule has 1 aromatic carbocycles. The molecule has 1 aromatic rings. The third kappa shape index (κ3) is 4.18. The summed E-state index contributed by atoms with van der Waals surface area (Å²) >= 11 is 1.71. The van der Waals surface area contributed by atoms with Gasteiger partial charge >= 0.3 is 0 Å². The van der Waals surface area contributed by atoms with Gasteiger partial charge in [-0.2, -0.15) is 0 Å². The van der Waals surface area contributed by atoms with Gasteiger partial charge < -0.3 is 4.90 Å². The number of anilines is 1. The van der Waals surface area contributed by atoms with E-state index >= 15 is 0 Å². The number of carbonyl (C=O) groups excluding carboxylic acids is 1. The number of benzene rings is 1. The molecule has 124 valence electrons. The summed E-state index contributed by atoms with van der Waals surface area (Å²) < 4.78 is 23.5. The highest BCUT2D eigenvalue weighted by Crippen LogP contribution is 2.30. The van der Waals surface area contributed by atoms with E-state index in [1.165, 1.54) is 31.1 Å². The van der Waals surface area contributed by atoms with Crippen LogP contribution in [0.15, 0.2) is 41.8 Å². The molecule has 23 heavy (non-hydrogen) atoms. The maximum Gasteiger partial charge on any atom is 0.237 e. The summed E-state index contributed by atoms with van der Waals surface area (Å²) in [5.41, 5.74) is 0.760. The number of hydrogen-bond donors (Lipinski definition) is 0. The zero-order valence-corrected chi connectivity index (χ0v) is 14.6. The van der Waals surface area contributed by atoms with E-state index in [9.17, 15) is 13.2 Å². The van der Waals surface area contributed by atoms with Crippen LogP contribution in [0.4, 0.5) is 5.69 Å². The summed E-state index contributed by atoms with van der Waals surface area (Å²) in [5.74, 6) is 0.367. The van der Waals surface area contributed by atoms with E-state index < -0.39 is 15.9 Å². The van der Waals surface area contributed by atoms with Gasteiger partial charge in [-0.3, -0.25) is 4.79 Å². The Balaban J connectivity index is 1.75. The van der Waals surface area contributed by atoms with Crippen molar-refractivity contribution in [1.82, 2.24) is 0 Å². The van der Waals surface area contributed by atoms with Crippen LogP contribution in [0.3, 0.4) is 0 Å². The smallest absolute Gasteiger partial charge is 0.237 e. The summed E-state index contributed by atoms with van der Waals surface area (Å²) in [7, 11) is -3.19. The first-order valence-electron chi connectivity index (χ1n) is 7.95. The van der Waals surface area contributed by atoms with Crippen LogP contribution in [0.1, 0.15) is 25.7 Å². The second-order valence-electron chi connectivity index (χ2n) is 6.04. The lowest BCUT2D eigenvalue weighted by atomic mass is 10.2. The van der Waals surface area contributed by atoms with Crippen molar-refractivity contribution in [2.45, 2.75) is 37.0 Å². The summed E-state index contributed by atoms with van der Waals surface area (Å²) in [4.78, 5) is 14.4. The minimum Gasteiger partial charge on any atom is -0.304 e. The molecule has 0 aromatic heterocycles. The number of thioether (sulfide) groups is 1. The fourth-order valence-corrected chi connectivity index (χ4v) is 5.59. The molecule has 0 radical (unpaired) electrons. The van der Waals surface area contributed by atoms with Crippen LogP contribution in [0.5, 0.6) is 0 Å². The molecule has 1 aliphatic heterocycles. The first kappa shape index (κ1) is 16.6. The molecule has 3 rings (SSSR count). The predicted molar refractivity (Wildman–Crippen MR) is 95.4 cm³/mol. The van der Waals surface area contributed by atoms with Gasteiger partial charge in [-0.25, -0.2) is 8.42 Å². The molecule has 1 fully saturated rings. The minimum absolute atomic E-state index is 0.0140. The Kier molecular flexibility index (Phi) is 5.11. The highest BCUT2D eigenvalue weighted by atomic mass is 32.2. The summed E-state index contributed by atoms with van der Waals surface area (Å²) in [6.07, 6.45) is 6.48. The fraction of sp³-hybridized carbons (Fsp3) is 0.471. The van der Waals surface area contributed by atoms with Crippen LogP contribution < -0.4 is 4.90 Å². The highest BCUT2D eigenvalue weighted by Gasteiger charge is 2.31. The Morgan fingerprint density at radius 3 is 2.48 bits per heavy atom. The van der Waals surface area contributed by atoms with Crippen LogP contribution in [0.25, 0.3) is 0 Å². The fourth-order valence-electron chi connectivity index (χ4n) is 3.14. The number of amides is 1. The van der Waals surface area contributed by atoms with Crippen molar-refractivity contribution in [3.8, 4) is 0 Å². The van der Waals surface area contributed by atoms with Crippen LogP contribution >= 0.6 is 11.8 Å². The standard InChI is InChI=1S/C17H21NO3S2/c19-17(12-22-16-8-4-5-9-16)18(14-6-2-1-3-7-14)15-10-11-23(20,21)13-15/h1-3,6-7,10-11,15-16H,4-5,8-9,12-13H2/t15-/m0/s1. The van der Waals surface area contributed by atoms with E-state index in [1.807, 2.05) is 30.3 Å². The Bertz CT molecular complexity index is 679. The van der Waals surface area contributed by atoms with Crippen LogP contribution in [-0.4, -0.2) is 37.1 Å². The number of hydrogen-bond acceptors (Lipinski definition) is 4. The molecule has 1 aliphatic carbocycles. The van der Waals surface area contributed by atoms with Crippen molar-refractivity contribution >= 4 is 33.2 Å². The van der Waals surface area contributed by atoms with Gasteiger partial charge in [0.2, 0.25) is 5.91 Å². The topological polar surface area (TPSA) is 54.5 Å². The average Bonchev–Trinajstić information content (AvgIpc) is 3.16. The lowest BCUT2D eigenvalue weighted by Gasteiger charge is -2.28. The molecule has 4 nitrogen and oxygen atoms in total. The summed E-state index contributed by atoms with van der Waals surface area (Å²) in [5, 5.41) is 1.80. The van der Waals surface area contributed by atoms with Gasteiger partial charge in [0.1, 0.15) is 0 Å². The molecule has 1 saturated carbocycles. The minimum atomic E-state index is -3.19. The third-order valence-corrected chi connectivity index (χ3v) is 7.02. The molecule has 2 aliphatic rings. The number of carbonyl (C=O) groups is 1. The van der Waals surface area contributed by atoms with Gasteiger partial charge in [-0.1, -0.05) is 31.0 Å². The van der Waals surface area contributed by atoms with Gasteiger partial charge in [0.15, 0.2) is 9.84 Å². The molecule has 0 spiro atoms.